The van der Waals surface area contributed by atoms with Gasteiger partial charge in [-0.1, -0.05) is 5.16 Å². The monoisotopic (exact) mass is 450 g/mol. The number of ether oxygens (including phenoxy) is 1. The number of hydrogen-bond donors (Lipinski definition) is 2. The van der Waals surface area contributed by atoms with Crippen LogP contribution in [-0.4, -0.2) is 43.0 Å². The minimum Gasteiger partial charge on any atom is -0.373 e. The second-order valence-corrected chi connectivity index (χ2v) is 6.43. The summed E-state index contributed by atoms with van der Waals surface area (Å²) in [6, 6.07) is 0. The molecule has 138 valence electrons. The van der Waals surface area contributed by atoms with Gasteiger partial charge in [0.05, 0.1) is 17.8 Å². The molecule has 2 N–H and O–H groups in total. The third-order valence-electron chi connectivity index (χ3n) is 4.29. The van der Waals surface area contributed by atoms with Crippen molar-refractivity contribution in [1.82, 2.24) is 15.8 Å². The summed E-state index contributed by atoms with van der Waals surface area (Å²) in [6.45, 7) is 11.5. The molecule has 0 bridgehead atoms. The molecule has 24 heavy (non-hydrogen) atoms. The smallest absolute Gasteiger partial charge is 0.191 e. The lowest BCUT2D eigenvalue weighted by molar-refractivity contribution is 0.0283. The fraction of sp³-hybridized carbons (Fsp3) is 0.765. The number of rotatable bonds is 7. The van der Waals surface area contributed by atoms with Crippen LogP contribution in [0.4, 0.5) is 0 Å². The fourth-order valence-electron chi connectivity index (χ4n) is 2.88. The molecular weight excluding hydrogens is 419 g/mol. The Morgan fingerprint density at radius 3 is 2.71 bits per heavy atom. The van der Waals surface area contributed by atoms with Crippen molar-refractivity contribution in [2.75, 3.05) is 26.2 Å². The average Bonchev–Trinajstić information content (AvgIpc) is 3.09. The standard InChI is InChI=1S/C17H30N4O2.HI/c1-5-18-16(20-12-17(4)9-7-11-22-17)19-10-6-8-15-13(2)21-23-14(15)3;/h5-12H2,1-4H3,(H2,18,19,20);1H. The number of nitrogens with zero attached hydrogens (tertiary/aromatic N) is 2. The topological polar surface area (TPSA) is 71.7 Å². The second kappa shape index (κ2) is 10.2. The van der Waals surface area contributed by atoms with Crippen LogP contribution < -0.4 is 10.6 Å². The van der Waals surface area contributed by atoms with Gasteiger partial charge in [-0.2, -0.15) is 0 Å². The van der Waals surface area contributed by atoms with Gasteiger partial charge in [0.15, 0.2) is 5.96 Å². The van der Waals surface area contributed by atoms with E-state index in [-0.39, 0.29) is 29.6 Å². The zero-order valence-electron chi connectivity index (χ0n) is 15.3. The molecule has 1 aliphatic heterocycles. The van der Waals surface area contributed by atoms with Gasteiger partial charge in [-0.3, -0.25) is 4.99 Å². The van der Waals surface area contributed by atoms with Crippen molar-refractivity contribution in [3.8, 4) is 0 Å². The summed E-state index contributed by atoms with van der Waals surface area (Å²) in [4.78, 5) is 4.68. The van der Waals surface area contributed by atoms with Crippen LogP contribution in [0.5, 0.6) is 0 Å². The predicted octanol–water partition coefficient (Wildman–Crippen LogP) is 2.97. The molecule has 0 aromatic carbocycles. The molecule has 0 spiro atoms. The van der Waals surface area contributed by atoms with E-state index in [2.05, 4.69) is 34.6 Å². The van der Waals surface area contributed by atoms with E-state index in [0.29, 0.717) is 6.54 Å². The number of aryl methyl sites for hydroxylation is 2. The van der Waals surface area contributed by atoms with E-state index < -0.39 is 0 Å². The Hall–Kier alpha value is -0.830. The van der Waals surface area contributed by atoms with Crippen molar-refractivity contribution in [1.29, 1.82) is 0 Å². The molecule has 2 heterocycles. The van der Waals surface area contributed by atoms with Crippen LogP contribution in [0.1, 0.15) is 50.1 Å². The highest BCUT2D eigenvalue weighted by Crippen LogP contribution is 2.24. The lowest BCUT2D eigenvalue weighted by Crippen LogP contribution is -2.39. The van der Waals surface area contributed by atoms with Crippen LogP contribution in [0.3, 0.4) is 0 Å². The summed E-state index contributed by atoms with van der Waals surface area (Å²) in [5.41, 5.74) is 2.12. The first kappa shape index (κ1) is 21.2. The maximum absolute atomic E-state index is 5.79. The Morgan fingerprint density at radius 2 is 2.12 bits per heavy atom. The van der Waals surface area contributed by atoms with E-state index in [1.54, 1.807) is 0 Å². The van der Waals surface area contributed by atoms with Crippen molar-refractivity contribution < 1.29 is 9.26 Å². The van der Waals surface area contributed by atoms with Crippen molar-refractivity contribution in [3.63, 3.8) is 0 Å². The Balaban J connectivity index is 0.00000288. The first-order chi connectivity index (χ1) is 11.0. The van der Waals surface area contributed by atoms with Gasteiger partial charge < -0.3 is 19.9 Å². The summed E-state index contributed by atoms with van der Waals surface area (Å²) in [6.07, 6.45) is 4.20. The third-order valence-corrected chi connectivity index (χ3v) is 4.29. The van der Waals surface area contributed by atoms with Crippen LogP contribution in [0.15, 0.2) is 9.52 Å². The van der Waals surface area contributed by atoms with E-state index in [4.69, 9.17) is 9.26 Å². The molecule has 0 radical (unpaired) electrons. The normalized spacial score (nSPS) is 20.8. The van der Waals surface area contributed by atoms with Crippen molar-refractivity contribution in [2.45, 2.75) is 59.0 Å². The zero-order valence-corrected chi connectivity index (χ0v) is 17.6. The second-order valence-electron chi connectivity index (χ2n) is 6.43. The van der Waals surface area contributed by atoms with Gasteiger partial charge in [-0.05, 0) is 53.4 Å². The van der Waals surface area contributed by atoms with E-state index in [1.807, 2.05) is 13.8 Å². The zero-order chi connectivity index (χ0) is 16.7. The van der Waals surface area contributed by atoms with Gasteiger partial charge in [0.2, 0.25) is 0 Å². The van der Waals surface area contributed by atoms with Gasteiger partial charge in [-0.25, -0.2) is 0 Å². The van der Waals surface area contributed by atoms with E-state index in [1.165, 1.54) is 5.56 Å². The SMILES string of the molecule is CCNC(=NCC1(C)CCCO1)NCCCc1c(C)noc1C.I. The Bertz CT molecular complexity index is 505. The average molecular weight is 450 g/mol. The molecule has 1 fully saturated rings. The molecule has 0 aliphatic carbocycles. The number of aromatic nitrogens is 1. The first-order valence-corrected chi connectivity index (χ1v) is 8.62. The lowest BCUT2D eigenvalue weighted by Gasteiger charge is -2.21. The van der Waals surface area contributed by atoms with Crippen LogP contribution >= 0.6 is 24.0 Å². The molecule has 1 atom stereocenters. The summed E-state index contributed by atoms with van der Waals surface area (Å²) >= 11 is 0. The highest BCUT2D eigenvalue weighted by molar-refractivity contribution is 14.0. The maximum atomic E-state index is 5.79. The molecule has 1 aliphatic rings. The minimum atomic E-state index is -0.0982. The number of aliphatic imine (C=N–C) groups is 1. The van der Waals surface area contributed by atoms with E-state index >= 15 is 0 Å². The molecule has 1 saturated heterocycles. The van der Waals surface area contributed by atoms with Crippen LogP contribution in [0.2, 0.25) is 0 Å². The van der Waals surface area contributed by atoms with Gasteiger partial charge >= 0.3 is 0 Å². The summed E-state index contributed by atoms with van der Waals surface area (Å²) in [5.74, 6) is 1.79. The van der Waals surface area contributed by atoms with Crippen molar-refractivity contribution >= 4 is 29.9 Å². The summed E-state index contributed by atoms with van der Waals surface area (Å²) in [5, 5.41) is 10.7. The molecule has 6 nitrogen and oxygen atoms in total. The molecule has 2 rings (SSSR count). The highest BCUT2D eigenvalue weighted by Gasteiger charge is 2.29. The Morgan fingerprint density at radius 1 is 1.33 bits per heavy atom. The Kier molecular flexibility index (Phi) is 9.04. The molecule has 1 unspecified atom stereocenters. The van der Waals surface area contributed by atoms with Crippen LogP contribution in [0.25, 0.3) is 0 Å². The van der Waals surface area contributed by atoms with Gasteiger partial charge in [-0.15, -0.1) is 24.0 Å². The largest absolute Gasteiger partial charge is 0.373 e. The quantitative estimate of drug-likeness (QED) is 0.289. The minimum absolute atomic E-state index is 0. The molecule has 7 heteroatoms. The van der Waals surface area contributed by atoms with E-state index in [0.717, 1.165) is 62.8 Å². The van der Waals surface area contributed by atoms with Crippen LogP contribution in [0, 0.1) is 13.8 Å². The summed E-state index contributed by atoms with van der Waals surface area (Å²) in [7, 11) is 0. The predicted molar refractivity (Wildman–Crippen MR) is 107 cm³/mol. The molecule has 0 saturated carbocycles. The highest BCUT2D eigenvalue weighted by atomic mass is 127. The van der Waals surface area contributed by atoms with Gasteiger partial charge in [0.1, 0.15) is 5.76 Å². The number of halogens is 1. The maximum Gasteiger partial charge on any atom is 0.191 e. The van der Waals surface area contributed by atoms with E-state index in [9.17, 15) is 0 Å². The number of nitrogens with one attached hydrogen (secondary N) is 2. The number of hydrogen-bond acceptors (Lipinski definition) is 4. The fourth-order valence-corrected chi connectivity index (χ4v) is 2.88. The van der Waals surface area contributed by atoms with Crippen molar-refractivity contribution in [3.05, 3.63) is 17.0 Å². The first-order valence-electron chi connectivity index (χ1n) is 8.62. The van der Waals surface area contributed by atoms with Crippen LogP contribution in [-0.2, 0) is 11.2 Å². The lowest BCUT2D eigenvalue weighted by atomic mass is 10.0. The third kappa shape index (κ3) is 6.23. The molecule has 1 aromatic rings. The van der Waals surface area contributed by atoms with Gasteiger partial charge in [0, 0.05) is 25.3 Å². The summed E-state index contributed by atoms with van der Waals surface area (Å²) < 4.78 is 11.0. The number of guanidine groups is 1. The Labute approximate surface area is 162 Å². The van der Waals surface area contributed by atoms with Crippen molar-refractivity contribution in [2.24, 2.45) is 4.99 Å². The molecule has 1 aromatic heterocycles. The molecular formula is C17H31IN4O2. The molecule has 0 amide bonds. The van der Waals surface area contributed by atoms with Gasteiger partial charge in [0.25, 0.3) is 0 Å².